The van der Waals surface area contributed by atoms with Gasteiger partial charge in [0.15, 0.2) is 0 Å². The summed E-state index contributed by atoms with van der Waals surface area (Å²) in [6.07, 6.45) is 6.46. The summed E-state index contributed by atoms with van der Waals surface area (Å²) in [5.41, 5.74) is 4.69. The molecule has 0 bridgehead atoms. The number of hydrogen-bond donors (Lipinski definition) is 1. The highest BCUT2D eigenvalue weighted by atomic mass is 16.3. The number of imidazole rings is 1. The van der Waals surface area contributed by atoms with Gasteiger partial charge in [0.2, 0.25) is 0 Å². The SMILES string of the molecule is C/C=C(\C)c1c(-c2ccccc2)ncn1CCN1CCCC(CO)C1. The van der Waals surface area contributed by atoms with Crippen molar-refractivity contribution in [2.45, 2.75) is 33.2 Å². The largest absolute Gasteiger partial charge is 0.396 e. The lowest BCUT2D eigenvalue weighted by molar-refractivity contribution is 0.118. The number of likely N-dealkylation sites (tertiary alicyclic amines) is 1. The summed E-state index contributed by atoms with van der Waals surface area (Å²) in [4.78, 5) is 7.19. The van der Waals surface area contributed by atoms with E-state index in [9.17, 15) is 5.11 Å². The van der Waals surface area contributed by atoms with E-state index in [2.05, 4.69) is 53.7 Å². The minimum Gasteiger partial charge on any atom is -0.396 e. The number of piperidine rings is 1. The lowest BCUT2D eigenvalue weighted by atomic mass is 9.99. The van der Waals surface area contributed by atoms with Crippen molar-refractivity contribution in [1.82, 2.24) is 14.5 Å². The molecule has 0 aliphatic carbocycles. The fourth-order valence-electron chi connectivity index (χ4n) is 3.66. The van der Waals surface area contributed by atoms with Crippen LogP contribution in [0.25, 0.3) is 16.8 Å². The molecule has 1 aliphatic heterocycles. The predicted octanol–water partition coefficient (Wildman–Crippen LogP) is 3.68. The molecule has 1 atom stereocenters. The number of allylic oxidation sites excluding steroid dienone is 2. The summed E-state index contributed by atoms with van der Waals surface area (Å²) in [6, 6.07) is 10.4. The lowest BCUT2D eigenvalue weighted by Gasteiger charge is -2.31. The van der Waals surface area contributed by atoms with Gasteiger partial charge in [-0.05, 0) is 44.7 Å². The van der Waals surface area contributed by atoms with E-state index in [0.717, 1.165) is 43.9 Å². The molecular weight excluding hydrogens is 310 g/mol. The second-order valence-corrected chi connectivity index (χ2v) is 6.96. The topological polar surface area (TPSA) is 41.3 Å². The standard InChI is InChI=1S/C21H29N3O/c1-3-17(2)21-20(19-9-5-4-6-10-19)22-16-24(21)13-12-23-11-7-8-18(14-23)15-25/h3-6,9-10,16,18,25H,7-8,11-15H2,1-2H3/b17-3+. The van der Waals surface area contributed by atoms with Crippen LogP contribution in [0.3, 0.4) is 0 Å². The van der Waals surface area contributed by atoms with E-state index >= 15 is 0 Å². The average molecular weight is 339 g/mol. The highest BCUT2D eigenvalue weighted by molar-refractivity contribution is 5.76. The Morgan fingerprint density at radius 2 is 2.08 bits per heavy atom. The normalized spacial score (nSPS) is 19.3. The number of hydrogen-bond acceptors (Lipinski definition) is 3. The fourth-order valence-corrected chi connectivity index (χ4v) is 3.66. The van der Waals surface area contributed by atoms with Crippen molar-refractivity contribution >= 4 is 5.57 Å². The second kappa shape index (κ2) is 8.45. The van der Waals surface area contributed by atoms with E-state index in [1.807, 2.05) is 12.4 Å². The fraction of sp³-hybridized carbons (Fsp3) is 0.476. The minimum atomic E-state index is 0.308. The predicted molar refractivity (Wildman–Crippen MR) is 103 cm³/mol. The molecule has 134 valence electrons. The van der Waals surface area contributed by atoms with Crippen LogP contribution in [0.2, 0.25) is 0 Å². The smallest absolute Gasteiger partial charge is 0.0959 e. The van der Waals surface area contributed by atoms with Crippen LogP contribution in [-0.2, 0) is 6.54 Å². The molecule has 1 N–H and O–H groups in total. The third-order valence-corrected chi connectivity index (χ3v) is 5.21. The quantitative estimate of drug-likeness (QED) is 0.873. The van der Waals surface area contributed by atoms with Crippen LogP contribution in [0.5, 0.6) is 0 Å². The van der Waals surface area contributed by atoms with Gasteiger partial charge in [0, 0.05) is 31.8 Å². The Labute approximate surface area is 150 Å². The summed E-state index contributed by atoms with van der Waals surface area (Å²) < 4.78 is 2.28. The van der Waals surface area contributed by atoms with Crippen molar-refractivity contribution in [1.29, 1.82) is 0 Å². The first-order valence-electron chi connectivity index (χ1n) is 9.30. The summed E-state index contributed by atoms with van der Waals surface area (Å²) in [5, 5.41) is 9.42. The molecule has 1 aromatic carbocycles. The zero-order valence-electron chi connectivity index (χ0n) is 15.4. The van der Waals surface area contributed by atoms with E-state index in [-0.39, 0.29) is 0 Å². The number of aliphatic hydroxyl groups is 1. The van der Waals surface area contributed by atoms with Gasteiger partial charge in [0.05, 0.1) is 17.7 Å². The van der Waals surface area contributed by atoms with Crippen molar-refractivity contribution in [3.63, 3.8) is 0 Å². The molecule has 1 fully saturated rings. The first kappa shape index (κ1) is 17.9. The molecular formula is C21H29N3O. The van der Waals surface area contributed by atoms with E-state index in [1.165, 1.54) is 17.7 Å². The molecule has 0 amide bonds. The molecule has 4 nitrogen and oxygen atoms in total. The highest BCUT2D eigenvalue weighted by Gasteiger charge is 2.20. The molecule has 0 spiro atoms. The van der Waals surface area contributed by atoms with E-state index in [4.69, 9.17) is 4.98 Å². The molecule has 1 saturated heterocycles. The van der Waals surface area contributed by atoms with Gasteiger partial charge < -0.3 is 14.6 Å². The molecule has 3 rings (SSSR count). The lowest BCUT2D eigenvalue weighted by Crippen LogP contribution is -2.38. The van der Waals surface area contributed by atoms with Crippen LogP contribution in [0.1, 0.15) is 32.4 Å². The molecule has 2 aromatic rings. The molecule has 0 saturated carbocycles. The van der Waals surface area contributed by atoms with Gasteiger partial charge in [-0.2, -0.15) is 0 Å². The van der Waals surface area contributed by atoms with Crippen molar-refractivity contribution in [2.75, 3.05) is 26.2 Å². The molecule has 1 aliphatic rings. The molecule has 25 heavy (non-hydrogen) atoms. The first-order chi connectivity index (χ1) is 12.2. The van der Waals surface area contributed by atoms with Crippen LogP contribution in [0.15, 0.2) is 42.7 Å². The van der Waals surface area contributed by atoms with Crippen LogP contribution in [0.4, 0.5) is 0 Å². The maximum absolute atomic E-state index is 9.42. The van der Waals surface area contributed by atoms with Crippen LogP contribution in [0, 0.1) is 5.92 Å². The molecule has 2 heterocycles. The van der Waals surface area contributed by atoms with Crippen LogP contribution >= 0.6 is 0 Å². The minimum absolute atomic E-state index is 0.308. The van der Waals surface area contributed by atoms with Gasteiger partial charge in [-0.1, -0.05) is 36.4 Å². The van der Waals surface area contributed by atoms with Gasteiger partial charge in [-0.15, -0.1) is 0 Å². The second-order valence-electron chi connectivity index (χ2n) is 6.96. The van der Waals surface area contributed by atoms with Crippen molar-refractivity contribution in [2.24, 2.45) is 5.92 Å². The molecule has 1 unspecified atom stereocenters. The van der Waals surface area contributed by atoms with Crippen molar-refractivity contribution < 1.29 is 5.11 Å². The zero-order chi connectivity index (χ0) is 17.6. The highest BCUT2D eigenvalue weighted by Crippen LogP contribution is 2.28. The van der Waals surface area contributed by atoms with E-state index in [1.54, 1.807) is 0 Å². The summed E-state index contributed by atoms with van der Waals surface area (Å²) in [6.45, 7) is 8.62. The third kappa shape index (κ3) is 4.20. The maximum Gasteiger partial charge on any atom is 0.0959 e. The maximum atomic E-state index is 9.42. The number of aromatic nitrogens is 2. The number of aliphatic hydroxyl groups excluding tert-OH is 1. The molecule has 0 radical (unpaired) electrons. The third-order valence-electron chi connectivity index (χ3n) is 5.21. The van der Waals surface area contributed by atoms with E-state index < -0.39 is 0 Å². The molecule has 1 aromatic heterocycles. The average Bonchev–Trinajstić information content (AvgIpc) is 3.10. The Kier molecular flexibility index (Phi) is 6.05. The monoisotopic (exact) mass is 339 g/mol. The van der Waals surface area contributed by atoms with Gasteiger partial charge >= 0.3 is 0 Å². The van der Waals surface area contributed by atoms with E-state index in [0.29, 0.717) is 12.5 Å². The Morgan fingerprint density at radius 1 is 1.28 bits per heavy atom. The summed E-state index contributed by atoms with van der Waals surface area (Å²) in [7, 11) is 0. The van der Waals surface area contributed by atoms with Gasteiger partial charge in [0.1, 0.15) is 0 Å². The van der Waals surface area contributed by atoms with Crippen LogP contribution in [-0.4, -0.2) is 45.8 Å². The molecule has 4 heteroatoms. The Hall–Kier alpha value is -1.91. The number of nitrogens with zero attached hydrogens (tertiary/aromatic N) is 3. The Morgan fingerprint density at radius 3 is 2.80 bits per heavy atom. The van der Waals surface area contributed by atoms with Gasteiger partial charge in [-0.25, -0.2) is 4.98 Å². The van der Waals surface area contributed by atoms with Gasteiger partial charge in [0.25, 0.3) is 0 Å². The number of benzene rings is 1. The summed E-state index contributed by atoms with van der Waals surface area (Å²) in [5.74, 6) is 0.438. The van der Waals surface area contributed by atoms with Crippen LogP contribution < -0.4 is 0 Å². The van der Waals surface area contributed by atoms with Crippen molar-refractivity contribution in [3.05, 3.63) is 48.4 Å². The number of rotatable bonds is 6. The Balaban J connectivity index is 1.78. The van der Waals surface area contributed by atoms with Gasteiger partial charge in [-0.3, -0.25) is 0 Å². The summed E-state index contributed by atoms with van der Waals surface area (Å²) >= 11 is 0. The zero-order valence-corrected chi connectivity index (χ0v) is 15.4. The first-order valence-corrected chi connectivity index (χ1v) is 9.30. The Bertz CT molecular complexity index is 705. The van der Waals surface area contributed by atoms with Crippen molar-refractivity contribution in [3.8, 4) is 11.3 Å².